The van der Waals surface area contributed by atoms with Crippen LogP contribution in [-0.4, -0.2) is 32.0 Å². The van der Waals surface area contributed by atoms with E-state index >= 15 is 0 Å². The number of halogens is 4. The Bertz CT molecular complexity index is 345. The molecule has 0 saturated carbocycles. The van der Waals surface area contributed by atoms with E-state index in [4.69, 9.17) is 0 Å². The van der Waals surface area contributed by atoms with Crippen molar-refractivity contribution in [2.24, 2.45) is 0 Å². The molecule has 9 heteroatoms. The van der Waals surface area contributed by atoms with Crippen LogP contribution >= 0.6 is 0 Å². The molecule has 1 saturated heterocycles. The number of hydrogen-bond acceptors (Lipinski definition) is 4. The van der Waals surface area contributed by atoms with Crippen molar-refractivity contribution < 1.29 is 35.0 Å². The van der Waals surface area contributed by atoms with Crippen molar-refractivity contribution in [2.75, 3.05) is 5.75 Å². The van der Waals surface area contributed by atoms with Crippen molar-refractivity contribution in [3.8, 4) is 0 Å². The Balaban J connectivity index is 3.18. The topological polar surface area (TPSA) is 60.4 Å². The van der Waals surface area contributed by atoms with E-state index in [0.29, 0.717) is 0 Å². The van der Waals surface area contributed by atoms with Gasteiger partial charge in [0.1, 0.15) is 0 Å². The third kappa shape index (κ3) is 1.47. The average molecular weight is 222 g/mol. The molecule has 4 nitrogen and oxygen atoms in total. The summed E-state index contributed by atoms with van der Waals surface area (Å²) in [7, 11) is -4.89. The first-order chi connectivity index (χ1) is 5.58. The molecule has 1 aliphatic heterocycles. The molecule has 0 unspecified atom stereocenters. The van der Waals surface area contributed by atoms with Gasteiger partial charge in [-0.3, -0.25) is 0 Å². The molecule has 1 heterocycles. The summed E-state index contributed by atoms with van der Waals surface area (Å²) in [5.74, 6) is -14.9. The number of hydrogen-bond donors (Lipinski definition) is 0. The highest BCUT2D eigenvalue weighted by atomic mass is 32.2. The molecular weight excluding hydrogens is 220 g/mol. The Morgan fingerprint density at radius 1 is 1.23 bits per heavy atom. The number of carbonyl (C=O) groups is 1. The monoisotopic (exact) mass is 222 g/mol. The zero-order valence-corrected chi connectivity index (χ0v) is 6.58. The van der Waals surface area contributed by atoms with Crippen molar-refractivity contribution >= 4 is 16.1 Å². The van der Waals surface area contributed by atoms with Gasteiger partial charge in [0.25, 0.3) is 0 Å². The van der Waals surface area contributed by atoms with Crippen LogP contribution in [0.15, 0.2) is 0 Å². The fourth-order valence-electron chi connectivity index (χ4n) is 0.659. The Morgan fingerprint density at radius 3 is 2.08 bits per heavy atom. The van der Waals surface area contributed by atoms with Gasteiger partial charge in [0.05, 0.1) is 0 Å². The summed E-state index contributed by atoms with van der Waals surface area (Å²) >= 11 is 0. The van der Waals surface area contributed by atoms with Crippen molar-refractivity contribution in [1.29, 1.82) is 0 Å². The van der Waals surface area contributed by atoms with Gasteiger partial charge in [-0.05, 0) is 0 Å². The van der Waals surface area contributed by atoms with E-state index in [1.807, 2.05) is 0 Å². The maximum absolute atomic E-state index is 12.3. The molecule has 0 spiro atoms. The predicted molar refractivity (Wildman–Crippen MR) is 29.8 cm³/mol. The predicted octanol–water partition coefficient (Wildman–Crippen LogP) is 0.144. The minimum Gasteiger partial charge on any atom is -0.340 e. The second kappa shape index (κ2) is 2.34. The van der Waals surface area contributed by atoms with Crippen molar-refractivity contribution in [1.82, 2.24) is 0 Å². The first-order valence-corrected chi connectivity index (χ1v) is 4.38. The molecule has 13 heavy (non-hydrogen) atoms. The maximum atomic E-state index is 12.3. The van der Waals surface area contributed by atoms with Crippen LogP contribution in [0.1, 0.15) is 0 Å². The molecule has 0 aromatic carbocycles. The zero-order valence-electron chi connectivity index (χ0n) is 5.76. The van der Waals surface area contributed by atoms with E-state index in [2.05, 4.69) is 4.18 Å². The van der Waals surface area contributed by atoms with Crippen LogP contribution < -0.4 is 0 Å². The van der Waals surface area contributed by atoms with E-state index in [0.717, 1.165) is 0 Å². The molecule has 1 aliphatic rings. The number of alkyl halides is 4. The molecule has 0 aromatic rings. The van der Waals surface area contributed by atoms with E-state index in [-0.39, 0.29) is 0 Å². The first-order valence-electron chi connectivity index (χ1n) is 2.81. The first kappa shape index (κ1) is 10.2. The molecule has 0 N–H and O–H groups in total. The minimum atomic E-state index is -5.08. The van der Waals surface area contributed by atoms with Gasteiger partial charge in [0.2, 0.25) is 0 Å². The molecule has 76 valence electrons. The third-order valence-electron chi connectivity index (χ3n) is 1.28. The highest BCUT2D eigenvalue weighted by Gasteiger charge is 2.69. The van der Waals surface area contributed by atoms with Gasteiger partial charge in [-0.1, -0.05) is 0 Å². The third-order valence-corrected chi connectivity index (χ3v) is 2.40. The molecule has 0 aliphatic carbocycles. The van der Waals surface area contributed by atoms with Gasteiger partial charge in [-0.25, -0.2) is 4.79 Å². The Hall–Kier alpha value is -0.860. The molecule has 0 radical (unpaired) electrons. The van der Waals surface area contributed by atoms with Crippen LogP contribution in [0.3, 0.4) is 0 Å². The minimum absolute atomic E-state index is 2.20. The summed E-state index contributed by atoms with van der Waals surface area (Å²) < 4.78 is 72.8. The van der Waals surface area contributed by atoms with Gasteiger partial charge in [-0.2, -0.15) is 26.0 Å². The normalized spacial score (nSPS) is 29.4. The van der Waals surface area contributed by atoms with Gasteiger partial charge < -0.3 is 4.18 Å². The Kier molecular flexibility index (Phi) is 1.84. The zero-order chi connectivity index (χ0) is 10.5. The molecular formula is C4H2F4O4S. The van der Waals surface area contributed by atoms with Crippen LogP contribution in [0.4, 0.5) is 17.6 Å². The molecule has 1 rings (SSSR count). The van der Waals surface area contributed by atoms with E-state index in [1.165, 1.54) is 0 Å². The Labute approximate surface area is 69.6 Å². The van der Waals surface area contributed by atoms with Crippen molar-refractivity contribution in [3.05, 3.63) is 0 Å². The van der Waals surface area contributed by atoms with Crippen LogP contribution in [-0.2, 0) is 19.1 Å². The summed E-state index contributed by atoms with van der Waals surface area (Å²) in [6, 6.07) is 0. The molecule has 1 fully saturated rings. The largest absolute Gasteiger partial charge is 0.406 e. The quantitative estimate of drug-likeness (QED) is 0.432. The van der Waals surface area contributed by atoms with Crippen molar-refractivity contribution in [3.63, 3.8) is 0 Å². The molecule has 0 aromatic heterocycles. The van der Waals surface area contributed by atoms with E-state index < -0.39 is 33.7 Å². The summed E-state index contributed by atoms with van der Waals surface area (Å²) in [6.07, 6.45) is 0. The van der Waals surface area contributed by atoms with Gasteiger partial charge >= 0.3 is 27.9 Å². The fraction of sp³-hybridized carbons (Fsp3) is 0.750. The smallest absolute Gasteiger partial charge is 0.340 e. The highest BCUT2D eigenvalue weighted by Crippen LogP contribution is 2.40. The summed E-state index contributed by atoms with van der Waals surface area (Å²) in [4.78, 5) is 10.1. The lowest BCUT2D eigenvalue weighted by atomic mass is 10.2. The number of carbonyl (C=O) groups excluding carboxylic acids is 1. The van der Waals surface area contributed by atoms with E-state index in [9.17, 15) is 30.8 Å². The lowest BCUT2D eigenvalue weighted by Crippen LogP contribution is -2.57. The lowest BCUT2D eigenvalue weighted by molar-refractivity contribution is -0.219. The summed E-state index contributed by atoms with van der Waals surface area (Å²) in [6.45, 7) is 0. The summed E-state index contributed by atoms with van der Waals surface area (Å²) in [5, 5.41) is 0. The van der Waals surface area contributed by atoms with Crippen LogP contribution in [0.25, 0.3) is 0 Å². The van der Waals surface area contributed by atoms with Crippen LogP contribution in [0.2, 0.25) is 0 Å². The van der Waals surface area contributed by atoms with Gasteiger partial charge in [0, 0.05) is 0 Å². The van der Waals surface area contributed by atoms with Gasteiger partial charge in [-0.15, -0.1) is 0 Å². The van der Waals surface area contributed by atoms with E-state index in [1.54, 1.807) is 0 Å². The SMILES string of the molecule is O=C1OS(=O)(=O)CC(F)(F)C1(F)F. The second-order valence-electron chi connectivity index (χ2n) is 2.35. The Morgan fingerprint density at radius 2 is 1.69 bits per heavy atom. The summed E-state index contributed by atoms with van der Waals surface area (Å²) in [5.41, 5.74) is 0. The molecule has 0 atom stereocenters. The number of rotatable bonds is 0. The second-order valence-corrected chi connectivity index (χ2v) is 3.92. The van der Waals surface area contributed by atoms with Crippen molar-refractivity contribution in [2.45, 2.75) is 11.8 Å². The maximum Gasteiger partial charge on any atom is 0.406 e. The molecule has 0 bridgehead atoms. The lowest BCUT2D eigenvalue weighted by Gasteiger charge is -2.27. The average Bonchev–Trinajstić information content (AvgIpc) is 1.80. The van der Waals surface area contributed by atoms with Gasteiger partial charge in [0.15, 0.2) is 5.75 Å². The van der Waals surface area contributed by atoms with Crippen LogP contribution in [0.5, 0.6) is 0 Å². The highest BCUT2D eigenvalue weighted by molar-refractivity contribution is 7.87. The fourth-order valence-corrected chi connectivity index (χ4v) is 1.68. The molecule has 0 amide bonds. The van der Waals surface area contributed by atoms with Crippen LogP contribution in [0, 0.1) is 0 Å². The standard InChI is InChI=1S/C4H2F4O4S/c5-3(6)1-13(10,11)12-2(9)4(3,7)8/h1H2.